The minimum atomic E-state index is -0.530. The van der Waals surface area contributed by atoms with Gasteiger partial charge in [-0.25, -0.2) is 0 Å². The van der Waals surface area contributed by atoms with Crippen LogP contribution in [-0.4, -0.2) is 35.3 Å². The van der Waals surface area contributed by atoms with Gasteiger partial charge in [0.1, 0.15) is 18.5 Å². The van der Waals surface area contributed by atoms with Gasteiger partial charge < -0.3 is 9.84 Å². The lowest BCUT2D eigenvalue weighted by atomic mass is 10.2. The first-order valence-electron chi connectivity index (χ1n) is 7.37. The molecule has 0 aliphatic heterocycles. The summed E-state index contributed by atoms with van der Waals surface area (Å²) in [4.78, 5) is 3.56. The van der Waals surface area contributed by atoms with Gasteiger partial charge in [0.05, 0.1) is 0 Å². The van der Waals surface area contributed by atoms with Crippen molar-refractivity contribution in [3.8, 4) is 5.75 Å². The highest BCUT2D eigenvalue weighted by Gasteiger charge is 2.16. The summed E-state index contributed by atoms with van der Waals surface area (Å²) in [5, 5.41) is 13.0. The normalized spacial score (nSPS) is 12.8. The van der Waals surface area contributed by atoms with E-state index in [2.05, 4.69) is 36.3 Å². The Bertz CT molecular complexity index is 542. The van der Waals surface area contributed by atoms with Gasteiger partial charge in [-0.15, -0.1) is 11.3 Å². The molecule has 2 rings (SSSR count). The van der Waals surface area contributed by atoms with E-state index in [0.29, 0.717) is 17.6 Å². The first-order valence-corrected chi connectivity index (χ1v) is 8.63. The van der Waals surface area contributed by atoms with Gasteiger partial charge in [-0.1, -0.05) is 17.7 Å². The maximum atomic E-state index is 10.2. The zero-order chi connectivity index (χ0) is 15.9. The number of aliphatic hydroxyl groups excluding tert-OH is 1. The fourth-order valence-electron chi connectivity index (χ4n) is 2.11. The van der Waals surface area contributed by atoms with Crippen LogP contribution in [0, 0.1) is 0 Å². The molecule has 1 atom stereocenters. The maximum Gasteiger partial charge on any atom is 0.119 e. The fraction of sp³-hybridized carbons (Fsp3) is 0.412. The third-order valence-corrected chi connectivity index (χ3v) is 4.48. The van der Waals surface area contributed by atoms with Crippen molar-refractivity contribution >= 4 is 22.9 Å². The van der Waals surface area contributed by atoms with Gasteiger partial charge in [-0.05, 0) is 49.6 Å². The topological polar surface area (TPSA) is 32.7 Å². The van der Waals surface area contributed by atoms with Crippen molar-refractivity contribution in [2.24, 2.45) is 0 Å². The van der Waals surface area contributed by atoms with Gasteiger partial charge in [-0.3, -0.25) is 4.90 Å². The monoisotopic (exact) mass is 339 g/mol. The number of ether oxygens (including phenoxy) is 1. The molecule has 1 heterocycles. The van der Waals surface area contributed by atoms with E-state index >= 15 is 0 Å². The standard InChI is InChI=1S/C17H22ClNO2S/c1-13(2)19(11-17-4-3-9-22-17)10-15(20)12-21-16-7-5-14(18)6-8-16/h3-9,13,15,20H,10-12H2,1-2H3/t15-/m1/s1. The summed E-state index contributed by atoms with van der Waals surface area (Å²) in [6, 6.07) is 11.7. The number of benzene rings is 1. The highest BCUT2D eigenvalue weighted by molar-refractivity contribution is 7.09. The number of rotatable bonds is 8. The lowest BCUT2D eigenvalue weighted by Gasteiger charge is -2.28. The molecular weight excluding hydrogens is 318 g/mol. The van der Waals surface area contributed by atoms with Gasteiger partial charge in [0.25, 0.3) is 0 Å². The van der Waals surface area contributed by atoms with Crippen molar-refractivity contribution in [3.05, 3.63) is 51.7 Å². The zero-order valence-corrected chi connectivity index (χ0v) is 14.5. The molecule has 0 saturated carbocycles. The SMILES string of the molecule is CC(C)N(Cc1cccs1)C[C@@H](O)COc1ccc(Cl)cc1. The van der Waals surface area contributed by atoms with Crippen LogP contribution in [0.5, 0.6) is 5.75 Å². The highest BCUT2D eigenvalue weighted by atomic mass is 35.5. The van der Waals surface area contributed by atoms with E-state index in [1.54, 1.807) is 35.6 Å². The fourth-order valence-corrected chi connectivity index (χ4v) is 2.96. The van der Waals surface area contributed by atoms with Crippen molar-refractivity contribution in [1.29, 1.82) is 0 Å². The van der Waals surface area contributed by atoms with E-state index in [1.807, 2.05) is 0 Å². The quantitative estimate of drug-likeness (QED) is 0.787. The number of nitrogens with zero attached hydrogens (tertiary/aromatic N) is 1. The largest absolute Gasteiger partial charge is 0.491 e. The van der Waals surface area contributed by atoms with Gasteiger partial charge in [-0.2, -0.15) is 0 Å². The molecule has 5 heteroatoms. The lowest BCUT2D eigenvalue weighted by molar-refractivity contribution is 0.0547. The first-order chi connectivity index (χ1) is 10.5. The summed E-state index contributed by atoms with van der Waals surface area (Å²) >= 11 is 7.58. The minimum Gasteiger partial charge on any atom is -0.491 e. The van der Waals surface area contributed by atoms with Crippen molar-refractivity contribution in [2.75, 3.05) is 13.2 Å². The molecule has 120 valence electrons. The molecule has 1 aromatic carbocycles. The van der Waals surface area contributed by atoms with Gasteiger partial charge in [0.15, 0.2) is 0 Å². The minimum absolute atomic E-state index is 0.273. The highest BCUT2D eigenvalue weighted by Crippen LogP contribution is 2.17. The molecule has 22 heavy (non-hydrogen) atoms. The third kappa shape index (κ3) is 5.61. The summed E-state index contributed by atoms with van der Waals surface area (Å²) in [5.41, 5.74) is 0. The molecule has 0 aliphatic rings. The Labute approximate surface area is 141 Å². The van der Waals surface area contributed by atoms with Crippen LogP contribution in [0.3, 0.4) is 0 Å². The first kappa shape index (κ1) is 17.3. The number of thiophene rings is 1. The van der Waals surface area contributed by atoms with Crippen LogP contribution in [-0.2, 0) is 6.54 Å². The van der Waals surface area contributed by atoms with Crippen LogP contribution < -0.4 is 4.74 Å². The summed E-state index contributed by atoms with van der Waals surface area (Å²) in [5.74, 6) is 0.720. The lowest BCUT2D eigenvalue weighted by Crippen LogP contribution is -2.39. The third-order valence-electron chi connectivity index (χ3n) is 3.37. The molecule has 0 radical (unpaired) electrons. The predicted octanol–water partition coefficient (Wildman–Crippen LogP) is 4.05. The van der Waals surface area contributed by atoms with Crippen LogP contribution in [0.25, 0.3) is 0 Å². The maximum absolute atomic E-state index is 10.2. The second-order valence-electron chi connectivity index (χ2n) is 5.52. The van der Waals surface area contributed by atoms with Crippen molar-refractivity contribution in [1.82, 2.24) is 4.90 Å². The van der Waals surface area contributed by atoms with Gasteiger partial charge in [0, 0.05) is 29.0 Å². The van der Waals surface area contributed by atoms with Crippen LogP contribution in [0.2, 0.25) is 5.02 Å². The molecule has 0 saturated heterocycles. The average molecular weight is 340 g/mol. The molecule has 3 nitrogen and oxygen atoms in total. The molecule has 2 aromatic rings. The molecule has 0 aliphatic carbocycles. The van der Waals surface area contributed by atoms with Crippen LogP contribution in [0.4, 0.5) is 0 Å². The van der Waals surface area contributed by atoms with Gasteiger partial charge >= 0.3 is 0 Å². The molecule has 0 spiro atoms. The van der Waals surface area contributed by atoms with Crippen LogP contribution in [0.1, 0.15) is 18.7 Å². The Morgan fingerprint density at radius 1 is 1.23 bits per heavy atom. The molecule has 0 fully saturated rings. The van der Waals surface area contributed by atoms with E-state index in [1.165, 1.54) is 4.88 Å². The smallest absolute Gasteiger partial charge is 0.119 e. The van der Waals surface area contributed by atoms with E-state index in [-0.39, 0.29) is 6.61 Å². The van der Waals surface area contributed by atoms with E-state index in [4.69, 9.17) is 16.3 Å². The number of halogens is 1. The Kier molecular flexibility index (Phi) is 6.70. The average Bonchev–Trinajstić information content (AvgIpc) is 2.99. The summed E-state index contributed by atoms with van der Waals surface area (Å²) in [6.45, 7) is 5.99. The molecular formula is C17H22ClNO2S. The number of aliphatic hydroxyl groups is 1. The number of hydrogen-bond acceptors (Lipinski definition) is 4. The van der Waals surface area contributed by atoms with Crippen LogP contribution >= 0.6 is 22.9 Å². The van der Waals surface area contributed by atoms with Crippen molar-refractivity contribution < 1.29 is 9.84 Å². The summed E-state index contributed by atoms with van der Waals surface area (Å²) in [7, 11) is 0. The molecule has 0 bridgehead atoms. The van der Waals surface area contributed by atoms with Gasteiger partial charge in [0.2, 0.25) is 0 Å². The molecule has 1 N–H and O–H groups in total. The van der Waals surface area contributed by atoms with Crippen LogP contribution in [0.15, 0.2) is 41.8 Å². The van der Waals surface area contributed by atoms with Crippen molar-refractivity contribution in [3.63, 3.8) is 0 Å². The predicted molar refractivity (Wildman–Crippen MR) is 92.8 cm³/mol. The molecule has 0 unspecified atom stereocenters. The van der Waals surface area contributed by atoms with E-state index in [9.17, 15) is 5.11 Å². The zero-order valence-electron chi connectivity index (χ0n) is 12.9. The van der Waals surface area contributed by atoms with E-state index in [0.717, 1.165) is 12.3 Å². The summed E-state index contributed by atoms with van der Waals surface area (Å²) in [6.07, 6.45) is -0.530. The second-order valence-corrected chi connectivity index (χ2v) is 6.99. The number of hydrogen-bond donors (Lipinski definition) is 1. The van der Waals surface area contributed by atoms with E-state index < -0.39 is 6.10 Å². The summed E-state index contributed by atoms with van der Waals surface area (Å²) < 4.78 is 5.61. The Morgan fingerprint density at radius 3 is 2.55 bits per heavy atom. The second kappa shape index (κ2) is 8.53. The Morgan fingerprint density at radius 2 is 1.95 bits per heavy atom. The Balaban J connectivity index is 1.82. The van der Waals surface area contributed by atoms with Crippen molar-refractivity contribution in [2.45, 2.75) is 32.5 Å². The Hall–Kier alpha value is -1.07. The molecule has 1 aromatic heterocycles. The molecule has 0 amide bonds.